The number of nitrogens with two attached hydrogens (primary N) is 1. The van der Waals surface area contributed by atoms with Gasteiger partial charge in [0.2, 0.25) is 11.8 Å². The summed E-state index contributed by atoms with van der Waals surface area (Å²) in [6.45, 7) is 3.71. The molecule has 1 unspecified atom stereocenters. The van der Waals surface area contributed by atoms with Crippen LogP contribution in [0.2, 0.25) is 0 Å². The third-order valence-electron chi connectivity index (χ3n) is 2.68. The topological polar surface area (TPSA) is 105 Å². The first-order valence-electron chi connectivity index (χ1n) is 5.79. The first-order valence-corrected chi connectivity index (χ1v) is 5.79. The number of fused-ring (bicyclic) bond motifs is 1. The van der Waals surface area contributed by atoms with Gasteiger partial charge >= 0.3 is 5.97 Å². The monoisotopic (exact) mass is 265 g/mol. The molecule has 0 aliphatic heterocycles. The Morgan fingerprint density at radius 3 is 2.89 bits per heavy atom. The molecule has 8 heteroatoms. The lowest BCUT2D eigenvalue weighted by Crippen LogP contribution is -2.20. The van der Waals surface area contributed by atoms with Gasteiger partial charge in [0, 0.05) is 0 Å². The van der Waals surface area contributed by atoms with Crippen molar-refractivity contribution in [1.29, 1.82) is 0 Å². The predicted octanol–water partition coefficient (Wildman–Crippen LogP) is 0.541. The zero-order valence-corrected chi connectivity index (χ0v) is 11.0. The molecule has 102 valence electrons. The molecule has 2 aromatic rings. The van der Waals surface area contributed by atoms with Gasteiger partial charge in [0.25, 0.3) is 0 Å². The number of imidazole rings is 1. The summed E-state index contributed by atoms with van der Waals surface area (Å²) < 4.78 is 11.6. The molecule has 0 aromatic carbocycles. The van der Waals surface area contributed by atoms with Crippen molar-refractivity contribution < 1.29 is 14.3 Å². The van der Waals surface area contributed by atoms with Crippen molar-refractivity contribution in [3.63, 3.8) is 0 Å². The van der Waals surface area contributed by atoms with E-state index < -0.39 is 12.0 Å². The van der Waals surface area contributed by atoms with Gasteiger partial charge < -0.3 is 15.2 Å². The van der Waals surface area contributed by atoms with Gasteiger partial charge in [0.1, 0.15) is 12.4 Å². The molecule has 0 amide bonds. The molecule has 0 radical (unpaired) electrons. The summed E-state index contributed by atoms with van der Waals surface area (Å²) in [6, 6.07) is -0.621. The molecule has 0 aliphatic rings. The lowest BCUT2D eigenvalue weighted by Gasteiger charge is -2.13. The van der Waals surface area contributed by atoms with Crippen LogP contribution in [0.3, 0.4) is 0 Å². The van der Waals surface area contributed by atoms with E-state index in [2.05, 4.69) is 15.0 Å². The summed E-state index contributed by atoms with van der Waals surface area (Å²) in [4.78, 5) is 24.0. The zero-order chi connectivity index (χ0) is 14.0. The highest BCUT2D eigenvalue weighted by atomic mass is 16.5. The molecule has 0 spiro atoms. The SMILES string of the molecule is CCOC(=O)C(C)n1c(N)nc2c(OC)ncnc21. The maximum atomic E-state index is 11.8. The van der Waals surface area contributed by atoms with Gasteiger partial charge in [0.05, 0.1) is 13.7 Å². The quantitative estimate of drug-likeness (QED) is 0.804. The molecule has 2 N–H and O–H groups in total. The second kappa shape index (κ2) is 5.09. The Labute approximate surface area is 109 Å². The molecule has 1 atom stereocenters. The van der Waals surface area contributed by atoms with E-state index in [0.29, 0.717) is 23.7 Å². The number of nitrogen functional groups attached to an aromatic ring is 1. The minimum absolute atomic E-state index is 0.161. The average molecular weight is 265 g/mol. The van der Waals surface area contributed by atoms with E-state index >= 15 is 0 Å². The van der Waals surface area contributed by atoms with Crippen LogP contribution in [0.25, 0.3) is 11.2 Å². The summed E-state index contributed by atoms with van der Waals surface area (Å²) in [5.74, 6) is 0.0759. The van der Waals surface area contributed by atoms with Gasteiger partial charge in [-0.25, -0.2) is 14.8 Å². The molecular formula is C11H15N5O3. The van der Waals surface area contributed by atoms with Crippen molar-refractivity contribution in [2.75, 3.05) is 19.5 Å². The Bertz CT molecular complexity index is 610. The fourth-order valence-corrected chi connectivity index (χ4v) is 1.80. The molecule has 2 heterocycles. The summed E-state index contributed by atoms with van der Waals surface area (Å²) in [5.41, 5.74) is 6.68. The van der Waals surface area contributed by atoms with Gasteiger partial charge in [-0.3, -0.25) is 4.57 Å². The number of ether oxygens (including phenoxy) is 2. The van der Waals surface area contributed by atoms with Gasteiger partial charge in [-0.15, -0.1) is 0 Å². The minimum atomic E-state index is -0.621. The lowest BCUT2D eigenvalue weighted by molar-refractivity contribution is -0.146. The van der Waals surface area contributed by atoms with Gasteiger partial charge in [0.15, 0.2) is 11.2 Å². The highest BCUT2D eigenvalue weighted by Crippen LogP contribution is 2.26. The normalized spacial score (nSPS) is 12.4. The van der Waals surface area contributed by atoms with E-state index in [1.807, 2.05) is 0 Å². The average Bonchev–Trinajstić information content (AvgIpc) is 2.73. The van der Waals surface area contributed by atoms with Crippen molar-refractivity contribution in [2.45, 2.75) is 19.9 Å². The van der Waals surface area contributed by atoms with Crippen LogP contribution in [0.15, 0.2) is 6.33 Å². The van der Waals surface area contributed by atoms with E-state index in [1.165, 1.54) is 18.0 Å². The van der Waals surface area contributed by atoms with Crippen LogP contribution >= 0.6 is 0 Å². The van der Waals surface area contributed by atoms with E-state index in [1.54, 1.807) is 13.8 Å². The Hall–Kier alpha value is -2.38. The van der Waals surface area contributed by atoms with Crippen LogP contribution < -0.4 is 10.5 Å². The molecule has 19 heavy (non-hydrogen) atoms. The van der Waals surface area contributed by atoms with E-state index in [9.17, 15) is 4.79 Å². The van der Waals surface area contributed by atoms with Crippen LogP contribution in [0, 0.1) is 0 Å². The maximum Gasteiger partial charge on any atom is 0.329 e. The van der Waals surface area contributed by atoms with Crippen LogP contribution in [-0.2, 0) is 9.53 Å². The molecule has 0 saturated carbocycles. The van der Waals surface area contributed by atoms with Crippen molar-refractivity contribution in [3.8, 4) is 5.88 Å². The lowest BCUT2D eigenvalue weighted by atomic mass is 10.3. The van der Waals surface area contributed by atoms with E-state index in [0.717, 1.165) is 0 Å². The number of anilines is 1. The number of carbonyl (C=O) groups excluding carboxylic acids is 1. The summed E-state index contributed by atoms with van der Waals surface area (Å²) in [6.07, 6.45) is 1.33. The Morgan fingerprint density at radius 1 is 1.53 bits per heavy atom. The van der Waals surface area contributed by atoms with Crippen LogP contribution in [-0.4, -0.2) is 39.2 Å². The zero-order valence-electron chi connectivity index (χ0n) is 11.0. The van der Waals surface area contributed by atoms with Crippen molar-refractivity contribution in [2.24, 2.45) is 0 Å². The number of hydrogen-bond acceptors (Lipinski definition) is 7. The van der Waals surface area contributed by atoms with Gasteiger partial charge in [-0.1, -0.05) is 0 Å². The minimum Gasteiger partial charge on any atom is -0.479 e. The number of hydrogen-bond donors (Lipinski definition) is 1. The first-order chi connectivity index (χ1) is 9.10. The highest BCUT2D eigenvalue weighted by molar-refractivity contribution is 5.83. The Morgan fingerprint density at radius 2 is 2.26 bits per heavy atom. The molecular weight excluding hydrogens is 250 g/mol. The van der Waals surface area contributed by atoms with Crippen molar-refractivity contribution >= 4 is 23.1 Å². The van der Waals surface area contributed by atoms with Crippen LogP contribution in [0.5, 0.6) is 5.88 Å². The molecule has 0 aliphatic carbocycles. The fraction of sp³-hybridized carbons (Fsp3) is 0.455. The standard InChI is InChI=1S/C11H15N5O3/c1-4-19-10(17)6(2)16-8-7(15-11(16)12)9(18-3)14-5-13-8/h5-6H,4H2,1-3H3,(H2,12,15). The summed E-state index contributed by atoms with van der Waals surface area (Å²) >= 11 is 0. The third-order valence-corrected chi connectivity index (χ3v) is 2.68. The number of methoxy groups -OCH3 is 1. The molecule has 0 fully saturated rings. The van der Waals surface area contributed by atoms with E-state index in [4.69, 9.17) is 15.2 Å². The largest absolute Gasteiger partial charge is 0.479 e. The summed E-state index contributed by atoms with van der Waals surface area (Å²) in [5, 5.41) is 0. The van der Waals surface area contributed by atoms with Crippen molar-refractivity contribution in [3.05, 3.63) is 6.33 Å². The number of carbonyl (C=O) groups is 1. The maximum absolute atomic E-state index is 11.8. The van der Waals surface area contributed by atoms with Gasteiger partial charge in [-0.05, 0) is 13.8 Å². The highest BCUT2D eigenvalue weighted by Gasteiger charge is 2.24. The van der Waals surface area contributed by atoms with Crippen molar-refractivity contribution in [1.82, 2.24) is 19.5 Å². The molecule has 0 bridgehead atoms. The number of rotatable bonds is 4. The number of nitrogens with zero attached hydrogens (tertiary/aromatic N) is 4. The smallest absolute Gasteiger partial charge is 0.329 e. The number of esters is 1. The molecule has 8 nitrogen and oxygen atoms in total. The van der Waals surface area contributed by atoms with Gasteiger partial charge in [-0.2, -0.15) is 4.98 Å². The Balaban J connectivity index is 2.54. The van der Waals surface area contributed by atoms with Crippen LogP contribution in [0.1, 0.15) is 19.9 Å². The van der Waals surface area contributed by atoms with Crippen LogP contribution in [0.4, 0.5) is 5.95 Å². The molecule has 2 aromatic heterocycles. The predicted molar refractivity (Wildman–Crippen MR) is 67.6 cm³/mol. The first kappa shape index (κ1) is 13.1. The summed E-state index contributed by atoms with van der Waals surface area (Å²) in [7, 11) is 1.48. The second-order valence-corrected chi connectivity index (χ2v) is 3.82. The van der Waals surface area contributed by atoms with E-state index in [-0.39, 0.29) is 5.95 Å². The molecule has 0 saturated heterocycles. The Kier molecular flexibility index (Phi) is 3.50. The fourth-order valence-electron chi connectivity index (χ4n) is 1.80. The molecule has 2 rings (SSSR count). The third kappa shape index (κ3) is 2.16. The second-order valence-electron chi connectivity index (χ2n) is 3.82. The number of aromatic nitrogens is 4.